The van der Waals surface area contributed by atoms with Gasteiger partial charge in [-0.2, -0.15) is 0 Å². The second kappa shape index (κ2) is 10.0. The summed E-state index contributed by atoms with van der Waals surface area (Å²) in [6.45, 7) is 1.02. The summed E-state index contributed by atoms with van der Waals surface area (Å²) in [6.07, 6.45) is 4.71. The third kappa shape index (κ3) is 4.11. The number of hydrogen-bond donors (Lipinski definition) is 2. The molecular formula is C27H31BrN2O4. The van der Waals surface area contributed by atoms with E-state index in [1.54, 1.807) is 19.5 Å². The average molecular weight is 527 g/mol. The van der Waals surface area contributed by atoms with Gasteiger partial charge in [0.05, 0.1) is 31.7 Å². The molecule has 1 aliphatic carbocycles. The Bertz CT molecular complexity index is 1110. The van der Waals surface area contributed by atoms with Crippen molar-refractivity contribution in [1.82, 2.24) is 9.88 Å². The molecule has 0 amide bonds. The number of nitrogens with zero attached hydrogens (tertiary/aromatic N) is 2. The topological polar surface area (TPSA) is 75.1 Å². The Morgan fingerprint density at radius 3 is 2.41 bits per heavy atom. The largest absolute Gasteiger partial charge is 0.495 e. The van der Waals surface area contributed by atoms with E-state index in [0.717, 1.165) is 28.6 Å². The lowest BCUT2D eigenvalue weighted by molar-refractivity contribution is -0.106. The standard InChI is InChI=1S/C23H20BrNO3.C4H11NO/c1-27-19-13-25-14-20-21(19)22(26)12-11-18(15-5-3-2-4-6-15)23(22,28-20)16-7-9-17(24)10-8-16;1-5(2)3-4-6/h2-10,13-14,18,26H,11-12H2,1H3;6H,3-4H2,1-2H3/t18-,22+,23-;/m0./s1. The molecule has 6 nitrogen and oxygen atoms in total. The quantitative estimate of drug-likeness (QED) is 0.511. The number of methoxy groups -OCH3 is 1. The molecule has 2 N–H and O–H groups in total. The molecule has 1 saturated carbocycles. The zero-order chi connectivity index (χ0) is 24.3. The normalized spacial score (nSPS) is 24.6. The minimum atomic E-state index is -1.20. The van der Waals surface area contributed by atoms with Crippen LogP contribution in [0.25, 0.3) is 0 Å². The first-order valence-electron chi connectivity index (χ1n) is 11.4. The summed E-state index contributed by atoms with van der Waals surface area (Å²) >= 11 is 3.52. The maximum absolute atomic E-state index is 12.2. The molecule has 0 bridgehead atoms. The third-order valence-corrected chi connectivity index (χ3v) is 7.23. The number of fused-ring (bicyclic) bond motifs is 3. The lowest BCUT2D eigenvalue weighted by Crippen LogP contribution is -2.48. The van der Waals surface area contributed by atoms with Crippen LogP contribution in [0.5, 0.6) is 11.5 Å². The molecule has 1 fully saturated rings. The van der Waals surface area contributed by atoms with Crippen LogP contribution >= 0.6 is 15.9 Å². The van der Waals surface area contributed by atoms with E-state index in [9.17, 15) is 5.11 Å². The number of aliphatic hydroxyl groups excluding tert-OH is 1. The fraction of sp³-hybridized carbons (Fsp3) is 0.370. The van der Waals surface area contributed by atoms with Crippen molar-refractivity contribution < 1.29 is 19.7 Å². The van der Waals surface area contributed by atoms with Crippen molar-refractivity contribution in [2.75, 3.05) is 34.4 Å². The van der Waals surface area contributed by atoms with E-state index in [-0.39, 0.29) is 12.5 Å². The van der Waals surface area contributed by atoms with Gasteiger partial charge in [0, 0.05) is 16.9 Å². The Morgan fingerprint density at radius 1 is 1.12 bits per heavy atom. The van der Waals surface area contributed by atoms with Crippen molar-refractivity contribution in [2.45, 2.75) is 30.0 Å². The van der Waals surface area contributed by atoms with Crippen molar-refractivity contribution in [2.24, 2.45) is 0 Å². The van der Waals surface area contributed by atoms with Crippen LogP contribution in [0.4, 0.5) is 0 Å². The number of benzene rings is 2. The molecule has 2 heterocycles. The molecule has 0 spiro atoms. The number of aromatic nitrogens is 1. The molecule has 0 radical (unpaired) electrons. The number of ether oxygens (including phenoxy) is 2. The predicted octanol–water partition coefficient (Wildman–Crippen LogP) is 4.45. The molecule has 1 aliphatic heterocycles. The Balaban J connectivity index is 0.000000408. The molecule has 3 atom stereocenters. The summed E-state index contributed by atoms with van der Waals surface area (Å²) < 4.78 is 13.2. The van der Waals surface area contributed by atoms with Crippen molar-refractivity contribution >= 4 is 15.9 Å². The molecule has 7 heteroatoms. The molecule has 2 aromatic carbocycles. The predicted molar refractivity (Wildman–Crippen MR) is 135 cm³/mol. The summed E-state index contributed by atoms with van der Waals surface area (Å²) in [5, 5.41) is 20.4. The van der Waals surface area contributed by atoms with Gasteiger partial charge in [0.2, 0.25) is 0 Å². The van der Waals surface area contributed by atoms with Crippen LogP contribution in [0.15, 0.2) is 71.5 Å². The van der Waals surface area contributed by atoms with Crippen LogP contribution in [0.3, 0.4) is 0 Å². The van der Waals surface area contributed by atoms with Gasteiger partial charge in [-0.3, -0.25) is 4.98 Å². The molecular weight excluding hydrogens is 496 g/mol. The van der Waals surface area contributed by atoms with E-state index in [0.29, 0.717) is 23.5 Å². The summed E-state index contributed by atoms with van der Waals surface area (Å²) in [5.74, 6) is 1.15. The summed E-state index contributed by atoms with van der Waals surface area (Å²) in [4.78, 5) is 6.18. The molecule has 0 unspecified atom stereocenters. The number of halogens is 1. The Morgan fingerprint density at radius 2 is 1.82 bits per heavy atom. The maximum Gasteiger partial charge on any atom is 0.174 e. The third-order valence-electron chi connectivity index (χ3n) is 6.70. The first kappa shape index (κ1) is 24.7. The van der Waals surface area contributed by atoms with Crippen molar-refractivity contribution in [3.63, 3.8) is 0 Å². The van der Waals surface area contributed by atoms with Gasteiger partial charge in [-0.25, -0.2) is 0 Å². The van der Waals surface area contributed by atoms with Crippen molar-refractivity contribution in [1.29, 1.82) is 0 Å². The Labute approximate surface area is 209 Å². The Hall–Kier alpha value is -2.45. The molecule has 180 valence electrons. The lowest BCUT2D eigenvalue weighted by atomic mass is 9.72. The molecule has 34 heavy (non-hydrogen) atoms. The zero-order valence-electron chi connectivity index (χ0n) is 19.7. The van der Waals surface area contributed by atoms with Crippen molar-refractivity contribution in [3.05, 3.63) is 88.2 Å². The molecule has 0 saturated heterocycles. The lowest BCUT2D eigenvalue weighted by Gasteiger charge is -2.40. The molecule has 2 aliphatic rings. The van der Waals surface area contributed by atoms with E-state index in [1.807, 2.05) is 61.5 Å². The van der Waals surface area contributed by atoms with Crippen LogP contribution in [0.1, 0.15) is 35.4 Å². The average Bonchev–Trinajstić information content (AvgIpc) is 3.27. The number of aliphatic hydroxyl groups is 2. The van der Waals surface area contributed by atoms with E-state index in [1.165, 1.54) is 0 Å². The van der Waals surface area contributed by atoms with Gasteiger partial charge in [-0.1, -0.05) is 58.4 Å². The number of pyridine rings is 1. The fourth-order valence-electron chi connectivity index (χ4n) is 5.22. The monoisotopic (exact) mass is 526 g/mol. The zero-order valence-corrected chi connectivity index (χ0v) is 21.3. The Kier molecular flexibility index (Phi) is 7.28. The van der Waals surface area contributed by atoms with E-state index >= 15 is 0 Å². The van der Waals surface area contributed by atoms with E-state index < -0.39 is 11.2 Å². The second-order valence-electron chi connectivity index (χ2n) is 8.95. The van der Waals surface area contributed by atoms with Crippen LogP contribution in [0, 0.1) is 0 Å². The molecule has 1 aromatic heterocycles. The molecule has 5 rings (SSSR count). The van der Waals surface area contributed by atoms with Crippen molar-refractivity contribution in [3.8, 4) is 11.5 Å². The second-order valence-corrected chi connectivity index (χ2v) is 9.86. The highest BCUT2D eigenvalue weighted by atomic mass is 79.9. The minimum absolute atomic E-state index is 0.00279. The fourth-order valence-corrected chi connectivity index (χ4v) is 5.48. The first-order chi connectivity index (χ1) is 16.4. The van der Waals surface area contributed by atoms with Gasteiger partial charge in [-0.05, 0) is 50.2 Å². The van der Waals surface area contributed by atoms with Gasteiger partial charge in [-0.15, -0.1) is 0 Å². The highest BCUT2D eigenvalue weighted by Gasteiger charge is 2.69. The van der Waals surface area contributed by atoms with Gasteiger partial charge < -0.3 is 24.6 Å². The van der Waals surface area contributed by atoms with E-state index in [4.69, 9.17) is 14.6 Å². The minimum Gasteiger partial charge on any atom is -0.495 e. The highest BCUT2D eigenvalue weighted by molar-refractivity contribution is 9.10. The van der Waals surface area contributed by atoms with E-state index in [2.05, 4.69) is 33.0 Å². The van der Waals surface area contributed by atoms with Crippen LogP contribution in [-0.2, 0) is 11.2 Å². The molecule has 3 aromatic rings. The smallest absolute Gasteiger partial charge is 0.174 e. The van der Waals surface area contributed by atoms with Crippen LogP contribution in [-0.4, -0.2) is 54.5 Å². The number of rotatable bonds is 5. The van der Waals surface area contributed by atoms with Gasteiger partial charge in [0.25, 0.3) is 0 Å². The van der Waals surface area contributed by atoms with Crippen LogP contribution in [0.2, 0.25) is 0 Å². The van der Waals surface area contributed by atoms with Gasteiger partial charge in [0.15, 0.2) is 5.60 Å². The number of likely N-dealkylation sites (N-methyl/N-ethyl adjacent to an activating group) is 1. The van der Waals surface area contributed by atoms with Gasteiger partial charge in [0.1, 0.15) is 17.1 Å². The summed E-state index contributed by atoms with van der Waals surface area (Å²) in [6, 6.07) is 18.3. The highest BCUT2D eigenvalue weighted by Crippen LogP contribution is 2.67. The van der Waals surface area contributed by atoms with Crippen LogP contribution < -0.4 is 9.47 Å². The SMILES string of the molecule is CN(C)CCO.COc1cncc2c1[C@]1(O)CC[C@@H](c3ccccc3)[C@]1(c1ccc(Br)cc1)O2. The summed E-state index contributed by atoms with van der Waals surface area (Å²) in [5.41, 5.74) is 0.661. The number of hydrogen-bond acceptors (Lipinski definition) is 6. The first-order valence-corrected chi connectivity index (χ1v) is 12.2. The van der Waals surface area contributed by atoms with Gasteiger partial charge >= 0.3 is 0 Å². The maximum atomic E-state index is 12.2. The summed E-state index contributed by atoms with van der Waals surface area (Å²) in [7, 11) is 5.45.